The van der Waals surface area contributed by atoms with E-state index in [-0.39, 0.29) is 0 Å². The second kappa shape index (κ2) is 5.59. The van der Waals surface area contributed by atoms with Gasteiger partial charge in [0.25, 0.3) is 0 Å². The molecule has 0 atom stereocenters. The third-order valence-electron chi connectivity index (χ3n) is 3.25. The van der Waals surface area contributed by atoms with Gasteiger partial charge in [-0.3, -0.25) is 10.1 Å². The molecule has 0 spiro atoms. The molecule has 0 unspecified atom stereocenters. The molecule has 0 amide bonds. The summed E-state index contributed by atoms with van der Waals surface area (Å²) < 4.78 is 5.49. The molecule has 1 aromatic rings. The van der Waals surface area contributed by atoms with Gasteiger partial charge in [0.2, 0.25) is 0 Å². The van der Waals surface area contributed by atoms with E-state index in [1.807, 2.05) is 12.1 Å². The highest BCUT2D eigenvalue weighted by molar-refractivity contribution is 6.30. The number of rotatable bonds is 6. The monoisotopic (exact) mass is 269 g/mol. The Morgan fingerprint density at radius 1 is 1.50 bits per heavy atom. The number of ether oxygens (including phenoxy) is 1. The highest BCUT2D eigenvalue weighted by Gasteiger charge is 2.43. The lowest BCUT2D eigenvalue weighted by atomic mass is 9.77. The van der Waals surface area contributed by atoms with Gasteiger partial charge < -0.3 is 9.84 Å². The highest BCUT2D eigenvalue weighted by atomic mass is 35.5. The molecule has 0 heterocycles. The van der Waals surface area contributed by atoms with Crippen molar-refractivity contribution in [1.82, 2.24) is 5.32 Å². The summed E-state index contributed by atoms with van der Waals surface area (Å²) in [4.78, 5) is 11.1. The van der Waals surface area contributed by atoms with Crippen molar-refractivity contribution in [2.45, 2.75) is 24.8 Å². The minimum absolute atomic E-state index is 0.426. The second-order valence-electron chi connectivity index (χ2n) is 4.47. The first-order valence-corrected chi connectivity index (χ1v) is 6.37. The van der Waals surface area contributed by atoms with Gasteiger partial charge in [-0.1, -0.05) is 17.7 Å². The number of aliphatic carboxylic acids is 1. The molecule has 5 heteroatoms. The van der Waals surface area contributed by atoms with Crippen molar-refractivity contribution in [2.75, 3.05) is 13.2 Å². The van der Waals surface area contributed by atoms with Crippen LogP contribution in [-0.4, -0.2) is 29.8 Å². The number of benzene rings is 1. The molecule has 1 aliphatic carbocycles. The summed E-state index contributed by atoms with van der Waals surface area (Å²) >= 11 is 5.83. The Hall–Kier alpha value is -1.26. The molecule has 4 nitrogen and oxygen atoms in total. The molecule has 1 aromatic carbocycles. The fourth-order valence-corrected chi connectivity index (χ4v) is 2.19. The number of hydrogen-bond donors (Lipinski definition) is 2. The fraction of sp³-hybridized carbons (Fsp3) is 0.462. The number of carboxylic acid groups (broad SMARTS) is 1. The molecule has 98 valence electrons. The molecule has 1 fully saturated rings. The van der Waals surface area contributed by atoms with Crippen LogP contribution in [-0.2, 0) is 4.79 Å². The number of carboxylic acids is 1. The topological polar surface area (TPSA) is 58.6 Å². The van der Waals surface area contributed by atoms with Gasteiger partial charge in [-0.25, -0.2) is 0 Å². The molecule has 1 saturated carbocycles. The van der Waals surface area contributed by atoms with E-state index in [0.29, 0.717) is 36.8 Å². The lowest BCUT2D eigenvalue weighted by Crippen LogP contribution is -2.57. The summed E-state index contributed by atoms with van der Waals surface area (Å²) in [6.45, 7) is 0.939. The van der Waals surface area contributed by atoms with E-state index in [9.17, 15) is 4.79 Å². The second-order valence-corrected chi connectivity index (χ2v) is 4.91. The van der Waals surface area contributed by atoms with Crippen LogP contribution in [0.15, 0.2) is 24.3 Å². The minimum atomic E-state index is -0.767. The minimum Gasteiger partial charge on any atom is -0.492 e. The quantitative estimate of drug-likeness (QED) is 0.778. The van der Waals surface area contributed by atoms with Crippen LogP contribution in [0.2, 0.25) is 5.02 Å². The number of carbonyl (C=O) groups is 1. The van der Waals surface area contributed by atoms with Crippen LogP contribution >= 0.6 is 11.6 Å². The fourth-order valence-electron chi connectivity index (χ4n) is 2.01. The summed E-state index contributed by atoms with van der Waals surface area (Å²) in [5, 5.41) is 12.8. The third-order valence-corrected chi connectivity index (χ3v) is 3.48. The predicted octanol–water partition coefficient (Wildman–Crippen LogP) is 2.32. The standard InChI is InChI=1S/C13H16ClNO3/c14-10-3-1-4-11(9-10)18-8-7-15-13(12(16)17)5-2-6-13/h1,3-4,9,15H,2,5-8H2,(H,16,17). The summed E-state index contributed by atoms with van der Waals surface area (Å²) in [6, 6.07) is 7.15. The Labute approximate surface area is 111 Å². The van der Waals surface area contributed by atoms with Crippen LogP contribution in [0.1, 0.15) is 19.3 Å². The van der Waals surface area contributed by atoms with Gasteiger partial charge in [-0.2, -0.15) is 0 Å². The molecule has 18 heavy (non-hydrogen) atoms. The van der Waals surface area contributed by atoms with Crippen molar-refractivity contribution in [2.24, 2.45) is 0 Å². The molecule has 0 radical (unpaired) electrons. The largest absolute Gasteiger partial charge is 0.492 e. The van der Waals surface area contributed by atoms with Gasteiger partial charge in [-0.15, -0.1) is 0 Å². The van der Waals surface area contributed by atoms with E-state index in [4.69, 9.17) is 21.4 Å². The van der Waals surface area contributed by atoms with Gasteiger partial charge >= 0.3 is 5.97 Å². The van der Waals surface area contributed by atoms with E-state index in [1.54, 1.807) is 12.1 Å². The highest BCUT2D eigenvalue weighted by Crippen LogP contribution is 2.31. The number of halogens is 1. The average Bonchev–Trinajstić information content (AvgIpc) is 2.26. The van der Waals surface area contributed by atoms with Crippen molar-refractivity contribution in [3.63, 3.8) is 0 Å². The van der Waals surface area contributed by atoms with Crippen LogP contribution in [0.5, 0.6) is 5.75 Å². The van der Waals surface area contributed by atoms with Crippen LogP contribution in [0.25, 0.3) is 0 Å². The maximum Gasteiger partial charge on any atom is 0.323 e. The first-order valence-electron chi connectivity index (χ1n) is 5.99. The predicted molar refractivity (Wildman–Crippen MR) is 69.2 cm³/mol. The van der Waals surface area contributed by atoms with Crippen molar-refractivity contribution in [1.29, 1.82) is 0 Å². The van der Waals surface area contributed by atoms with Gasteiger partial charge in [0.15, 0.2) is 0 Å². The summed E-state index contributed by atoms with van der Waals surface area (Å²) in [5.41, 5.74) is -0.725. The molecule has 0 aliphatic heterocycles. The zero-order chi connectivity index (χ0) is 13.0. The molecule has 0 saturated heterocycles. The molecule has 2 rings (SSSR count). The Bertz CT molecular complexity index is 432. The smallest absolute Gasteiger partial charge is 0.323 e. The zero-order valence-electron chi connectivity index (χ0n) is 9.99. The molecule has 0 bridgehead atoms. The van der Waals surface area contributed by atoms with Crippen LogP contribution in [0.4, 0.5) is 0 Å². The van der Waals surface area contributed by atoms with Crippen LogP contribution < -0.4 is 10.1 Å². The Kier molecular flexibility index (Phi) is 4.09. The molecular formula is C13H16ClNO3. The zero-order valence-corrected chi connectivity index (χ0v) is 10.7. The summed E-state index contributed by atoms with van der Waals surface area (Å²) in [5.74, 6) is -0.0706. The Morgan fingerprint density at radius 3 is 2.83 bits per heavy atom. The van der Waals surface area contributed by atoms with Crippen molar-refractivity contribution >= 4 is 17.6 Å². The summed E-state index contributed by atoms with van der Waals surface area (Å²) in [7, 11) is 0. The lowest BCUT2D eigenvalue weighted by molar-refractivity contribution is -0.148. The van der Waals surface area contributed by atoms with Crippen molar-refractivity contribution < 1.29 is 14.6 Å². The van der Waals surface area contributed by atoms with Crippen molar-refractivity contribution in [3.8, 4) is 5.75 Å². The summed E-state index contributed by atoms with van der Waals surface area (Å²) in [6.07, 6.45) is 2.35. The van der Waals surface area contributed by atoms with Crippen LogP contribution in [0.3, 0.4) is 0 Å². The molecule has 1 aliphatic rings. The average molecular weight is 270 g/mol. The first kappa shape index (κ1) is 13.2. The number of hydrogen-bond acceptors (Lipinski definition) is 3. The normalized spacial score (nSPS) is 16.9. The Balaban J connectivity index is 1.74. The van der Waals surface area contributed by atoms with Crippen molar-refractivity contribution in [3.05, 3.63) is 29.3 Å². The maximum absolute atomic E-state index is 11.1. The van der Waals surface area contributed by atoms with Gasteiger partial charge in [0, 0.05) is 11.6 Å². The van der Waals surface area contributed by atoms with E-state index < -0.39 is 11.5 Å². The van der Waals surface area contributed by atoms with Crippen LogP contribution in [0, 0.1) is 0 Å². The Morgan fingerprint density at radius 2 is 2.28 bits per heavy atom. The van der Waals surface area contributed by atoms with E-state index in [2.05, 4.69) is 5.32 Å². The van der Waals surface area contributed by atoms with Gasteiger partial charge in [-0.05, 0) is 37.5 Å². The lowest BCUT2D eigenvalue weighted by Gasteiger charge is -2.38. The van der Waals surface area contributed by atoms with E-state index in [0.717, 1.165) is 6.42 Å². The number of nitrogens with one attached hydrogen (secondary N) is 1. The SMILES string of the molecule is O=C(O)C1(NCCOc2cccc(Cl)c2)CCC1. The maximum atomic E-state index is 11.1. The third kappa shape index (κ3) is 2.94. The molecule has 0 aromatic heterocycles. The van der Waals surface area contributed by atoms with E-state index in [1.165, 1.54) is 0 Å². The first-order chi connectivity index (χ1) is 8.62. The van der Waals surface area contributed by atoms with E-state index >= 15 is 0 Å². The van der Waals surface area contributed by atoms with Gasteiger partial charge in [0.05, 0.1) is 0 Å². The molecular weight excluding hydrogens is 254 g/mol. The van der Waals surface area contributed by atoms with Gasteiger partial charge in [0.1, 0.15) is 17.9 Å². The molecule has 2 N–H and O–H groups in total.